The molecule has 0 saturated heterocycles. The van der Waals surface area contributed by atoms with Crippen LogP contribution in [0.15, 0.2) is 48.1 Å². The molecule has 2 aliphatic carbocycles. The van der Waals surface area contributed by atoms with Crippen molar-refractivity contribution in [2.45, 2.75) is 37.1 Å². The lowest BCUT2D eigenvalue weighted by atomic mass is 10.2. The third-order valence-corrected chi connectivity index (χ3v) is 13.5. The Morgan fingerprint density at radius 2 is 1.26 bits per heavy atom. The van der Waals surface area contributed by atoms with Crippen LogP contribution >= 0.6 is 30.8 Å². The summed E-state index contributed by atoms with van der Waals surface area (Å²) in [7, 11) is -22.1. The summed E-state index contributed by atoms with van der Waals surface area (Å²) < 4.78 is 75.8. The van der Waals surface area contributed by atoms with E-state index >= 15 is 0 Å². The summed E-state index contributed by atoms with van der Waals surface area (Å²) in [6.07, 6.45) is 6.83. The number of hydrogen-bond acceptors (Lipinski definition) is 17. The van der Waals surface area contributed by atoms with Crippen LogP contribution in [-0.2, 0) is 40.7 Å². The van der Waals surface area contributed by atoms with Crippen molar-refractivity contribution in [3.05, 3.63) is 53.6 Å². The average Bonchev–Trinajstić information content (AvgIpc) is 3.79. The monoisotopic (exact) mass is 780 g/mol. The van der Waals surface area contributed by atoms with E-state index in [4.69, 9.17) is 20.9 Å². The van der Waals surface area contributed by atoms with Crippen LogP contribution in [0, 0.1) is 0 Å². The highest BCUT2D eigenvalue weighted by Crippen LogP contribution is 2.71. The SMILES string of the molecule is Nc1nc2c(ncn2C2C=CC(OCP(=O)(O)OP(=O)(O)OP(=O)(O)OP(=O)(O)COC3C=CC(n4cnc5c(N)ncnc54)C3)C2)c(=O)[nH]1. The first kappa shape index (κ1) is 36.3. The Labute approximate surface area is 279 Å². The number of phosphoric acid groups is 2. The minimum Gasteiger partial charge on any atom is -0.382 e. The van der Waals surface area contributed by atoms with Crippen molar-refractivity contribution in [2.24, 2.45) is 0 Å². The molecule has 6 rings (SSSR count). The summed E-state index contributed by atoms with van der Waals surface area (Å²) in [6.45, 7) is 0. The van der Waals surface area contributed by atoms with Crippen molar-refractivity contribution in [1.29, 1.82) is 0 Å². The largest absolute Gasteiger partial charge is 0.488 e. The molecular weight excluding hydrogens is 752 g/mol. The number of aromatic amines is 1. The molecule has 0 aliphatic heterocycles. The van der Waals surface area contributed by atoms with Crippen LogP contribution in [-0.4, -0.2) is 83.5 Å². The highest BCUT2D eigenvalue weighted by Gasteiger charge is 2.45. The molecule has 50 heavy (non-hydrogen) atoms. The lowest BCUT2D eigenvalue weighted by Crippen LogP contribution is -2.15. The van der Waals surface area contributed by atoms with E-state index in [0.717, 1.165) is 0 Å². The van der Waals surface area contributed by atoms with Crippen LogP contribution < -0.4 is 17.0 Å². The van der Waals surface area contributed by atoms with E-state index in [1.54, 1.807) is 22.8 Å². The van der Waals surface area contributed by atoms with Crippen LogP contribution in [0.3, 0.4) is 0 Å². The van der Waals surface area contributed by atoms with Gasteiger partial charge in [-0.05, 0) is 0 Å². The lowest BCUT2D eigenvalue weighted by Gasteiger charge is -2.21. The Morgan fingerprint density at radius 3 is 1.82 bits per heavy atom. The number of hydrogen-bond donors (Lipinski definition) is 7. The molecule has 0 saturated carbocycles. The van der Waals surface area contributed by atoms with Crippen LogP contribution in [0.2, 0.25) is 0 Å². The Bertz CT molecular complexity index is 2260. The van der Waals surface area contributed by atoms with Crippen molar-refractivity contribution < 1.29 is 60.2 Å². The zero-order chi connectivity index (χ0) is 36.1. The quantitative estimate of drug-likeness (QED) is 0.0702. The lowest BCUT2D eigenvalue weighted by molar-refractivity contribution is 0.0992. The fourth-order valence-corrected chi connectivity index (χ4v) is 10.7. The number of nitrogens with zero attached hydrogens (tertiary/aromatic N) is 7. The number of imidazole rings is 2. The maximum Gasteiger partial charge on any atom is 0.488 e. The number of nitrogens with two attached hydrogens (primary N) is 2. The van der Waals surface area contributed by atoms with E-state index in [0.29, 0.717) is 11.2 Å². The Balaban J connectivity index is 0.971. The number of nitrogen functional groups attached to an aromatic ring is 2. The summed E-state index contributed by atoms with van der Waals surface area (Å²) >= 11 is 0. The molecule has 0 spiro atoms. The molecule has 2 aliphatic rings. The molecule has 8 unspecified atom stereocenters. The molecule has 270 valence electrons. The number of anilines is 2. The third kappa shape index (κ3) is 8.35. The standard InChI is InChI=1S/C22H28N10O14P4/c23-18-16-19(26-7-25-18)31(8-27-16)12-1-3-14(5-12)42-10-47(34,35)44-49(38,39)46-50(40,41)45-48(36,37)11-43-15-4-2-13(6-15)32-9-28-17-20(32)29-22(24)30-21(17)33/h1-4,7-9,12-15H,5-6,10-11H2,(H,34,35)(H,36,37)(H,38,39)(H,40,41)(H2,23,25,26)(H3,24,29,30,33). The third-order valence-electron chi connectivity index (χ3n) is 7.17. The Kier molecular flexibility index (Phi) is 9.87. The van der Waals surface area contributed by atoms with Gasteiger partial charge in [0.1, 0.15) is 24.5 Å². The number of ether oxygens (including phenoxy) is 2. The molecule has 0 radical (unpaired) electrons. The molecule has 0 fully saturated rings. The summed E-state index contributed by atoms with van der Waals surface area (Å²) in [4.78, 5) is 74.6. The molecule has 24 nitrogen and oxygen atoms in total. The number of rotatable bonds is 14. The summed E-state index contributed by atoms with van der Waals surface area (Å²) in [5, 5.41) is 0. The van der Waals surface area contributed by atoms with Gasteiger partial charge in [-0.15, -0.1) is 0 Å². The first-order chi connectivity index (χ1) is 23.4. The number of H-pyrrole nitrogens is 1. The first-order valence-electron chi connectivity index (χ1n) is 14.1. The second kappa shape index (κ2) is 13.6. The number of aromatic nitrogens is 8. The molecule has 0 bridgehead atoms. The van der Waals surface area contributed by atoms with Crippen LogP contribution in [0.1, 0.15) is 24.9 Å². The fraction of sp³-hybridized carbons (Fsp3) is 0.364. The molecule has 8 atom stereocenters. The van der Waals surface area contributed by atoms with Crippen LogP contribution in [0.4, 0.5) is 11.8 Å². The van der Waals surface area contributed by atoms with Crippen LogP contribution in [0.5, 0.6) is 0 Å². The maximum absolute atomic E-state index is 12.5. The summed E-state index contributed by atoms with van der Waals surface area (Å²) in [6, 6.07) is -0.827. The van der Waals surface area contributed by atoms with Crippen molar-refractivity contribution in [3.8, 4) is 0 Å². The molecule has 4 aromatic heterocycles. The van der Waals surface area contributed by atoms with Crippen molar-refractivity contribution in [2.75, 3.05) is 24.2 Å². The van der Waals surface area contributed by atoms with Gasteiger partial charge in [0, 0.05) is 12.8 Å². The highest BCUT2D eigenvalue weighted by molar-refractivity contribution is 7.71. The summed E-state index contributed by atoms with van der Waals surface area (Å²) in [5.74, 6) is 0.0347. The fourth-order valence-electron chi connectivity index (χ4n) is 5.16. The van der Waals surface area contributed by atoms with Gasteiger partial charge in [0.2, 0.25) is 5.95 Å². The van der Waals surface area contributed by atoms with Gasteiger partial charge in [-0.3, -0.25) is 18.9 Å². The van der Waals surface area contributed by atoms with E-state index in [1.807, 2.05) is 0 Å². The second-order valence-electron chi connectivity index (χ2n) is 10.9. The highest BCUT2D eigenvalue weighted by atomic mass is 31.3. The van der Waals surface area contributed by atoms with Gasteiger partial charge in [0.05, 0.1) is 36.9 Å². The minimum atomic E-state index is -5.90. The Hall–Kier alpha value is -3.46. The molecule has 9 N–H and O–H groups in total. The topological polar surface area (TPSA) is 355 Å². The normalized spacial score (nSPS) is 25.4. The molecule has 0 aromatic carbocycles. The average molecular weight is 780 g/mol. The number of nitrogens with one attached hydrogen (secondary N) is 1. The number of fused-ring (bicyclic) bond motifs is 2. The van der Waals surface area contributed by atoms with Gasteiger partial charge in [-0.2, -0.15) is 9.29 Å². The molecule has 4 aromatic rings. The maximum atomic E-state index is 12.5. The van der Waals surface area contributed by atoms with Gasteiger partial charge in [0.15, 0.2) is 22.6 Å². The van der Waals surface area contributed by atoms with E-state index < -0.39 is 67.3 Å². The van der Waals surface area contributed by atoms with Crippen molar-refractivity contribution in [1.82, 2.24) is 39.0 Å². The Morgan fingerprint density at radius 1 is 0.740 bits per heavy atom. The second-order valence-corrected chi connectivity index (χ2v) is 17.8. The smallest absolute Gasteiger partial charge is 0.382 e. The predicted octanol–water partition coefficient (Wildman–Crippen LogP) is 1.43. The predicted molar refractivity (Wildman–Crippen MR) is 170 cm³/mol. The van der Waals surface area contributed by atoms with E-state index in [-0.39, 0.29) is 41.8 Å². The minimum absolute atomic E-state index is 0.0293. The molecular formula is C22H28N10O14P4. The number of allylic oxidation sites excluding steroid dienone is 2. The van der Waals surface area contributed by atoms with Gasteiger partial charge < -0.3 is 49.6 Å². The summed E-state index contributed by atoms with van der Waals surface area (Å²) in [5.41, 5.74) is 11.9. The van der Waals surface area contributed by atoms with Gasteiger partial charge in [-0.25, -0.2) is 37.7 Å². The van der Waals surface area contributed by atoms with E-state index in [1.165, 1.54) is 29.6 Å². The van der Waals surface area contributed by atoms with Gasteiger partial charge in [-0.1, -0.05) is 24.3 Å². The van der Waals surface area contributed by atoms with E-state index in [9.17, 15) is 42.6 Å². The zero-order valence-corrected chi connectivity index (χ0v) is 28.7. The zero-order valence-electron chi connectivity index (χ0n) is 25.1. The molecule has 28 heteroatoms. The first-order valence-corrected chi connectivity index (χ1v) is 20.6. The van der Waals surface area contributed by atoms with E-state index in [2.05, 4.69) is 42.8 Å². The van der Waals surface area contributed by atoms with Crippen molar-refractivity contribution >= 4 is 64.9 Å². The molecule has 4 heterocycles. The van der Waals surface area contributed by atoms with Crippen LogP contribution in [0.25, 0.3) is 22.3 Å². The van der Waals surface area contributed by atoms with Crippen molar-refractivity contribution in [3.63, 3.8) is 0 Å². The van der Waals surface area contributed by atoms with Gasteiger partial charge in [0.25, 0.3) is 5.56 Å². The van der Waals surface area contributed by atoms with Gasteiger partial charge >= 0.3 is 30.8 Å². The molecule has 0 amide bonds.